The van der Waals surface area contributed by atoms with Crippen molar-refractivity contribution in [3.05, 3.63) is 28.1 Å². The quantitative estimate of drug-likeness (QED) is 0.614. The second-order valence-corrected chi connectivity index (χ2v) is 6.18. The van der Waals surface area contributed by atoms with Crippen molar-refractivity contribution in [2.75, 3.05) is 25.5 Å². The van der Waals surface area contributed by atoms with Gasteiger partial charge >= 0.3 is 0 Å². The number of nitrogens with one attached hydrogen (secondary N) is 1. The molecule has 0 aliphatic carbocycles. The van der Waals surface area contributed by atoms with Crippen molar-refractivity contribution < 1.29 is 17.7 Å². The topological polar surface area (TPSA) is 92.5 Å². The van der Waals surface area contributed by atoms with Crippen molar-refractivity contribution in [2.24, 2.45) is 0 Å². The van der Waals surface area contributed by atoms with Gasteiger partial charge in [-0.3, -0.25) is 10.1 Å². The van der Waals surface area contributed by atoms with Crippen LogP contribution < -0.4 is 5.32 Å². The second kappa shape index (κ2) is 6.81. The van der Waals surface area contributed by atoms with Crippen LogP contribution in [0.3, 0.4) is 0 Å². The van der Waals surface area contributed by atoms with Crippen LogP contribution >= 0.6 is 0 Å². The first-order valence-corrected chi connectivity index (χ1v) is 7.89. The lowest BCUT2D eigenvalue weighted by atomic mass is 10.2. The predicted octanol–water partition coefficient (Wildman–Crippen LogP) is 2.20. The highest BCUT2D eigenvalue weighted by molar-refractivity contribution is 7.89. The van der Waals surface area contributed by atoms with E-state index in [-0.39, 0.29) is 18.8 Å². The number of halogens is 1. The normalized spacial score (nSPS) is 11.7. The van der Waals surface area contributed by atoms with E-state index in [1.54, 1.807) is 6.92 Å². The molecule has 0 atom stereocenters. The molecule has 0 heterocycles. The van der Waals surface area contributed by atoms with Crippen molar-refractivity contribution in [1.82, 2.24) is 4.31 Å². The summed E-state index contributed by atoms with van der Waals surface area (Å²) in [6, 6.07) is 1.63. The number of hydrogen-bond donors (Lipinski definition) is 1. The van der Waals surface area contributed by atoms with E-state index in [0.29, 0.717) is 12.5 Å². The van der Waals surface area contributed by atoms with Crippen LogP contribution in [0.1, 0.15) is 20.3 Å². The van der Waals surface area contributed by atoms with Crippen LogP contribution in [0.25, 0.3) is 0 Å². The summed E-state index contributed by atoms with van der Waals surface area (Å²) in [6.07, 6.45) is 0.580. The minimum absolute atomic E-state index is 0.128. The van der Waals surface area contributed by atoms with E-state index in [2.05, 4.69) is 5.32 Å². The summed E-state index contributed by atoms with van der Waals surface area (Å²) in [5.74, 6) is -1.14. The Hall–Kier alpha value is -1.74. The fourth-order valence-electron chi connectivity index (χ4n) is 1.96. The number of nitrogens with zero attached hydrogens (tertiary/aromatic N) is 2. The van der Waals surface area contributed by atoms with Gasteiger partial charge in [0, 0.05) is 26.2 Å². The smallest absolute Gasteiger partial charge is 0.274 e. The summed E-state index contributed by atoms with van der Waals surface area (Å²) in [4.78, 5) is 9.39. The zero-order valence-electron chi connectivity index (χ0n) is 12.1. The lowest BCUT2D eigenvalue weighted by molar-refractivity contribution is -0.385. The van der Waals surface area contributed by atoms with Crippen LogP contribution in [0.2, 0.25) is 0 Å². The maximum atomic E-state index is 14.1. The zero-order valence-corrected chi connectivity index (χ0v) is 12.9. The molecule has 7 nitrogen and oxygen atoms in total. The summed E-state index contributed by atoms with van der Waals surface area (Å²) in [7, 11) is -2.67. The Morgan fingerprint density at radius 1 is 1.38 bits per heavy atom. The van der Waals surface area contributed by atoms with E-state index in [4.69, 9.17) is 0 Å². The third-order valence-corrected chi connectivity index (χ3v) is 4.98. The number of sulfonamides is 1. The van der Waals surface area contributed by atoms with E-state index in [9.17, 15) is 22.9 Å². The van der Waals surface area contributed by atoms with Crippen LogP contribution in [-0.4, -0.2) is 37.8 Å². The summed E-state index contributed by atoms with van der Waals surface area (Å²) in [6.45, 7) is 3.90. The highest BCUT2D eigenvalue weighted by Crippen LogP contribution is 2.31. The maximum Gasteiger partial charge on any atom is 0.274 e. The van der Waals surface area contributed by atoms with Crippen molar-refractivity contribution >= 4 is 21.4 Å². The lowest BCUT2D eigenvalue weighted by Crippen LogP contribution is -2.32. The molecule has 1 aromatic rings. The molecule has 0 aliphatic heterocycles. The molecule has 0 saturated heterocycles. The number of rotatable bonds is 7. The molecule has 0 unspecified atom stereocenters. The molecular weight excluding hydrogens is 301 g/mol. The second-order valence-electron chi connectivity index (χ2n) is 4.31. The molecule has 0 fully saturated rings. The van der Waals surface area contributed by atoms with Crippen LogP contribution in [0, 0.1) is 15.9 Å². The van der Waals surface area contributed by atoms with Crippen molar-refractivity contribution in [1.29, 1.82) is 0 Å². The number of hydrogen-bond acceptors (Lipinski definition) is 5. The Morgan fingerprint density at radius 2 is 2.00 bits per heavy atom. The highest BCUT2D eigenvalue weighted by Gasteiger charge is 2.30. The Balaban J connectivity index is 3.51. The van der Waals surface area contributed by atoms with Crippen molar-refractivity contribution in [3.63, 3.8) is 0 Å². The van der Waals surface area contributed by atoms with Gasteiger partial charge in [0.1, 0.15) is 4.90 Å². The largest absolute Gasteiger partial charge is 0.387 e. The van der Waals surface area contributed by atoms with E-state index in [1.807, 2.05) is 6.92 Å². The molecular formula is C12H18FN3O4S. The molecule has 0 aliphatic rings. The number of nitro benzene ring substituents is 1. The number of nitro groups is 1. The summed E-state index contributed by atoms with van der Waals surface area (Å²) in [5.41, 5.74) is -0.634. The molecule has 0 radical (unpaired) electrons. The van der Waals surface area contributed by atoms with Crippen LogP contribution in [0.4, 0.5) is 15.8 Å². The fourth-order valence-corrected chi connectivity index (χ4v) is 3.72. The predicted molar refractivity (Wildman–Crippen MR) is 77.3 cm³/mol. The average Bonchev–Trinajstić information content (AvgIpc) is 2.42. The summed E-state index contributed by atoms with van der Waals surface area (Å²) >= 11 is 0. The van der Waals surface area contributed by atoms with Crippen LogP contribution in [0.15, 0.2) is 17.0 Å². The lowest BCUT2D eigenvalue weighted by Gasteiger charge is -2.21. The van der Waals surface area contributed by atoms with E-state index < -0.39 is 31.3 Å². The molecule has 118 valence electrons. The number of non-ortho nitro benzene ring substituents is 1. The van der Waals surface area contributed by atoms with Gasteiger partial charge in [-0.2, -0.15) is 4.31 Å². The zero-order chi connectivity index (χ0) is 16.2. The minimum atomic E-state index is -4.06. The molecule has 0 aromatic heterocycles. The summed E-state index contributed by atoms with van der Waals surface area (Å²) in [5, 5.41) is 13.2. The third-order valence-electron chi connectivity index (χ3n) is 2.93. The van der Waals surface area contributed by atoms with Crippen LogP contribution in [0.5, 0.6) is 0 Å². The molecule has 21 heavy (non-hydrogen) atoms. The van der Waals surface area contributed by atoms with E-state index >= 15 is 0 Å². The molecule has 1 rings (SSSR count). The molecule has 1 aromatic carbocycles. The molecule has 1 N–H and O–H groups in total. The Bertz CT molecular complexity index is 634. The van der Waals surface area contributed by atoms with Gasteiger partial charge in [0.15, 0.2) is 5.82 Å². The maximum absolute atomic E-state index is 14.1. The standard InChI is InChI=1S/C12H18FN3O4S/c1-4-6-15(5-2)21(19,20)12-10(13)7-9(16(17)18)8-11(12)14-3/h7-8,14H,4-6H2,1-3H3. The van der Waals surface area contributed by atoms with E-state index in [1.165, 1.54) is 7.05 Å². The van der Waals surface area contributed by atoms with Crippen LogP contribution in [-0.2, 0) is 10.0 Å². The van der Waals surface area contributed by atoms with Gasteiger partial charge in [-0.15, -0.1) is 0 Å². The third kappa shape index (κ3) is 3.48. The fraction of sp³-hybridized carbons (Fsp3) is 0.500. The SMILES string of the molecule is CCCN(CC)S(=O)(=O)c1c(F)cc([N+](=O)[O-])cc1NC. The first-order valence-electron chi connectivity index (χ1n) is 6.45. The molecule has 0 spiro atoms. The highest BCUT2D eigenvalue weighted by atomic mass is 32.2. The first-order chi connectivity index (χ1) is 9.79. The van der Waals surface area contributed by atoms with Gasteiger partial charge in [0.05, 0.1) is 16.7 Å². The minimum Gasteiger partial charge on any atom is -0.387 e. The van der Waals surface area contributed by atoms with Gasteiger partial charge in [-0.1, -0.05) is 13.8 Å². The number of benzene rings is 1. The van der Waals surface area contributed by atoms with Gasteiger partial charge in [-0.05, 0) is 6.42 Å². The Morgan fingerprint density at radius 3 is 2.43 bits per heavy atom. The average molecular weight is 319 g/mol. The van der Waals surface area contributed by atoms with Gasteiger partial charge in [-0.25, -0.2) is 12.8 Å². The number of anilines is 1. The molecule has 0 amide bonds. The van der Waals surface area contributed by atoms with E-state index in [0.717, 1.165) is 10.4 Å². The Kier molecular flexibility index (Phi) is 5.62. The summed E-state index contributed by atoms with van der Waals surface area (Å²) < 4.78 is 40.3. The molecule has 0 bridgehead atoms. The monoisotopic (exact) mass is 319 g/mol. The van der Waals surface area contributed by atoms with Gasteiger partial charge in [0.25, 0.3) is 5.69 Å². The van der Waals surface area contributed by atoms with Gasteiger partial charge in [0.2, 0.25) is 10.0 Å². The van der Waals surface area contributed by atoms with Crippen molar-refractivity contribution in [2.45, 2.75) is 25.2 Å². The van der Waals surface area contributed by atoms with Crippen molar-refractivity contribution in [3.8, 4) is 0 Å². The molecule has 0 saturated carbocycles. The Labute approximate surface area is 123 Å². The molecule has 9 heteroatoms. The van der Waals surface area contributed by atoms with Gasteiger partial charge < -0.3 is 5.32 Å². The first kappa shape index (κ1) is 17.3.